The maximum atomic E-state index is 12.6. The van der Waals surface area contributed by atoms with E-state index in [0.29, 0.717) is 28.2 Å². The molecule has 3 rings (SSSR count). The fourth-order valence-electron chi connectivity index (χ4n) is 3.30. The molecule has 0 saturated carbocycles. The zero-order valence-corrected chi connectivity index (χ0v) is 16.7. The highest BCUT2D eigenvalue weighted by Crippen LogP contribution is 2.33. The molecule has 0 aromatic carbocycles. The van der Waals surface area contributed by atoms with E-state index in [2.05, 4.69) is 6.92 Å². The van der Waals surface area contributed by atoms with E-state index in [1.165, 1.54) is 18.2 Å². The van der Waals surface area contributed by atoms with Gasteiger partial charge in [0.2, 0.25) is 5.91 Å². The topological polar surface area (TPSA) is 40.6 Å². The Morgan fingerprint density at radius 1 is 1.44 bits per heavy atom. The van der Waals surface area contributed by atoms with Crippen molar-refractivity contribution in [2.75, 3.05) is 13.1 Å². The lowest BCUT2D eigenvalue weighted by molar-refractivity contribution is -0.135. The number of rotatable bonds is 5. The van der Waals surface area contributed by atoms with E-state index >= 15 is 0 Å². The van der Waals surface area contributed by atoms with Crippen molar-refractivity contribution in [3.05, 3.63) is 27.3 Å². The Balaban J connectivity index is 1.60. The van der Waals surface area contributed by atoms with Gasteiger partial charge in [-0.1, -0.05) is 37.0 Å². The lowest BCUT2D eigenvalue weighted by atomic mass is 9.99. The van der Waals surface area contributed by atoms with Gasteiger partial charge >= 0.3 is 0 Å². The second-order valence-corrected chi connectivity index (χ2v) is 8.90. The lowest BCUT2D eigenvalue weighted by Gasteiger charge is -2.35. The quantitative estimate of drug-likeness (QED) is 0.556. The third-order valence-electron chi connectivity index (χ3n) is 4.66. The minimum atomic E-state index is -0.0816. The molecule has 2 saturated heterocycles. The van der Waals surface area contributed by atoms with Gasteiger partial charge in [-0.2, -0.15) is 0 Å². The molecule has 2 aliphatic rings. The summed E-state index contributed by atoms with van der Waals surface area (Å²) in [6, 6.07) is 4.28. The highest BCUT2D eigenvalue weighted by molar-refractivity contribution is 8.26. The fourth-order valence-corrected chi connectivity index (χ4v) is 5.33. The predicted octanol–water partition coefficient (Wildman–Crippen LogP) is 4.13. The van der Waals surface area contributed by atoms with Gasteiger partial charge in [-0.15, -0.1) is 11.3 Å². The normalized spacial score (nSPS) is 22.9. The molecule has 134 valence electrons. The van der Waals surface area contributed by atoms with Crippen molar-refractivity contribution in [1.29, 1.82) is 0 Å². The average molecular weight is 395 g/mol. The number of thiophene rings is 1. The first kappa shape index (κ1) is 18.6. The number of carbonyl (C=O) groups is 2. The smallest absolute Gasteiger partial charge is 0.266 e. The molecule has 1 aromatic rings. The van der Waals surface area contributed by atoms with Gasteiger partial charge in [-0.05, 0) is 43.2 Å². The SMILES string of the molecule is CC[C@H]1CCCCN1C(=O)CCN1C(=O)C(=Cc2cccs2)SC1=S. The van der Waals surface area contributed by atoms with Crippen molar-refractivity contribution in [2.45, 2.75) is 45.1 Å². The fraction of sp³-hybridized carbons (Fsp3) is 0.500. The summed E-state index contributed by atoms with van der Waals surface area (Å²) in [6.07, 6.45) is 6.58. The van der Waals surface area contributed by atoms with E-state index in [1.807, 2.05) is 28.5 Å². The van der Waals surface area contributed by atoms with Crippen LogP contribution in [0.25, 0.3) is 6.08 Å². The highest BCUT2D eigenvalue weighted by Gasteiger charge is 2.33. The molecule has 1 atom stereocenters. The molecule has 2 amide bonds. The van der Waals surface area contributed by atoms with Crippen LogP contribution in [0.5, 0.6) is 0 Å². The molecule has 2 fully saturated rings. The maximum absolute atomic E-state index is 12.6. The molecule has 0 unspecified atom stereocenters. The monoisotopic (exact) mass is 394 g/mol. The van der Waals surface area contributed by atoms with E-state index in [1.54, 1.807) is 16.2 Å². The van der Waals surface area contributed by atoms with Crippen molar-refractivity contribution < 1.29 is 9.59 Å². The second kappa shape index (κ2) is 8.47. The highest BCUT2D eigenvalue weighted by atomic mass is 32.2. The number of likely N-dealkylation sites (tertiary alicyclic amines) is 1. The van der Waals surface area contributed by atoms with Gasteiger partial charge in [0.05, 0.1) is 4.91 Å². The summed E-state index contributed by atoms with van der Waals surface area (Å²) in [7, 11) is 0. The molecule has 0 radical (unpaired) electrons. The summed E-state index contributed by atoms with van der Waals surface area (Å²) in [5.41, 5.74) is 0. The van der Waals surface area contributed by atoms with Gasteiger partial charge in [-0.3, -0.25) is 14.5 Å². The van der Waals surface area contributed by atoms with Crippen molar-refractivity contribution in [1.82, 2.24) is 9.80 Å². The van der Waals surface area contributed by atoms with Gasteiger partial charge in [0, 0.05) is 30.4 Å². The number of thioether (sulfide) groups is 1. The summed E-state index contributed by atoms with van der Waals surface area (Å²) in [5, 5.41) is 1.98. The van der Waals surface area contributed by atoms with Crippen molar-refractivity contribution in [3.63, 3.8) is 0 Å². The molecule has 0 bridgehead atoms. The Morgan fingerprint density at radius 2 is 2.28 bits per heavy atom. The number of piperidine rings is 1. The molecular formula is C18H22N2O2S3. The first-order chi connectivity index (χ1) is 12.1. The van der Waals surface area contributed by atoms with Crippen LogP contribution in [0.4, 0.5) is 0 Å². The van der Waals surface area contributed by atoms with Crippen LogP contribution in [0.2, 0.25) is 0 Å². The van der Waals surface area contributed by atoms with Crippen LogP contribution < -0.4 is 0 Å². The second-order valence-electron chi connectivity index (χ2n) is 6.24. The minimum absolute atomic E-state index is 0.0816. The van der Waals surface area contributed by atoms with E-state index in [9.17, 15) is 9.59 Å². The van der Waals surface area contributed by atoms with Crippen LogP contribution in [0.1, 0.15) is 43.9 Å². The Labute approximate surface area is 162 Å². The average Bonchev–Trinajstić information content (AvgIpc) is 3.22. The molecule has 0 N–H and O–H groups in total. The van der Waals surface area contributed by atoms with E-state index in [4.69, 9.17) is 12.2 Å². The molecule has 2 aliphatic heterocycles. The van der Waals surface area contributed by atoms with E-state index in [-0.39, 0.29) is 11.8 Å². The summed E-state index contributed by atoms with van der Waals surface area (Å²) < 4.78 is 0.547. The van der Waals surface area contributed by atoms with Crippen LogP contribution in [-0.2, 0) is 9.59 Å². The van der Waals surface area contributed by atoms with Crippen molar-refractivity contribution in [2.24, 2.45) is 0 Å². The molecule has 1 aromatic heterocycles. The number of hydrogen-bond donors (Lipinski definition) is 0. The zero-order chi connectivity index (χ0) is 17.8. The standard InChI is InChI=1S/C18H22N2O2S3/c1-2-13-6-3-4-9-19(13)16(21)8-10-20-17(22)15(25-18(20)23)12-14-7-5-11-24-14/h5,7,11-13H,2-4,6,8-10H2,1H3/t13-/m0/s1. The van der Waals surface area contributed by atoms with Gasteiger partial charge < -0.3 is 4.90 Å². The third kappa shape index (κ3) is 4.33. The summed E-state index contributed by atoms with van der Waals surface area (Å²) >= 11 is 8.26. The number of nitrogens with zero attached hydrogens (tertiary/aromatic N) is 2. The Bertz CT molecular complexity index is 685. The van der Waals surface area contributed by atoms with Crippen LogP contribution in [-0.4, -0.2) is 45.1 Å². The molecular weight excluding hydrogens is 372 g/mol. The van der Waals surface area contributed by atoms with Gasteiger partial charge in [0.1, 0.15) is 4.32 Å². The van der Waals surface area contributed by atoms with Gasteiger partial charge in [0.15, 0.2) is 0 Å². The molecule has 7 heteroatoms. The van der Waals surface area contributed by atoms with Crippen LogP contribution in [0, 0.1) is 0 Å². The van der Waals surface area contributed by atoms with Crippen molar-refractivity contribution >= 4 is 57.5 Å². The third-order valence-corrected chi connectivity index (χ3v) is 6.86. The molecule has 3 heterocycles. The van der Waals surface area contributed by atoms with Crippen LogP contribution >= 0.6 is 35.3 Å². The number of carbonyl (C=O) groups excluding carboxylic acids is 2. The summed E-state index contributed by atoms with van der Waals surface area (Å²) in [6.45, 7) is 3.35. The first-order valence-electron chi connectivity index (χ1n) is 8.68. The van der Waals surface area contributed by atoms with E-state index in [0.717, 1.165) is 30.7 Å². The predicted molar refractivity (Wildman–Crippen MR) is 108 cm³/mol. The molecule has 25 heavy (non-hydrogen) atoms. The first-order valence-corrected chi connectivity index (χ1v) is 10.8. The Hall–Kier alpha value is -1.18. The lowest BCUT2D eigenvalue weighted by Crippen LogP contribution is -2.44. The summed E-state index contributed by atoms with van der Waals surface area (Å²) in [5.74, 6) is 0.0599. The van der Waals surface area contributed by atoms with Gasteiger partial charge in [-0.25, -0.2) is 0 Å². The van der Waals surface area contributed by atoms with Crippen LogP contribution in [0.3, 0.4) is 0 Å². The Morgan fingerprint density at radius 3 is 3.00 bits per heavy atom. The minimum Gasteiger partial charge on any atom is -0.340 e. The van der Waals surface area contributed by atoms with Gasteiger partial charge in [0.25, 0.3) is 5.91 Å². The molecule has 4 nitrogen and oxygen atoms in total. The van der Waals surface area contributed by atoms with Crippen molar-refractivity contribution in [3.8, 4) is 0 Å². The van der Waals surface area contributed by atoms with Crippen LogP contribution in [0.15, 0.2) is 22.4 Å². The number of thiocarbonyl (C=S) groups is 1. The van der Waals surface area contributed by atoms with E-state index < -0.39 is 0 Å². The molecule has 0 aliphatic carbocycles. The summed E-state index contributed by atoms with van der Waals surface area (Å²) in [4.78, 5) is 30.4. The number of hydrogen-bond acceptors (Lipinski definition) is 5. The largest absolute Gasteiger partial charge is 0.340 e. The zero-order valence-electron chi connectivity index (χ0n) is 14.3. The molecule has 0 spiro atoms. The Kier molecular flexibility index (Phi) is 6.30. The maximum Gasteiger partial charge on any atom is 0.266 e. The number of amides is 2.